The van der Waals surface area contributed by atoms with E-state index in [0.717, 1.165) is 5.56 Å². The molecule has 2 aliphatic heterocycles. The topological polar surface area (TPSA) is 92.9 Å². The van der Waals surface area contributed by atoms with Gasteiger partial charge in [-0.25, -0.2) is 8.42 Å². The van der Waals surface area contributed by atoms with Gasteiger partial charge in [-0.1, -0.05) is 47.1 Å². The summed E-state index contributed by atoms with van der Waals surface area (Å²) in [6, 6.07) is 10.8. The third kappa shape index (κ3) is 4.37. The molecule has 4 rings (SSSR count). The van der Waals surface area contributed by atoms with Crippen molar-refractivity contribution >= 4 is 61.3 Å². The van der Waals surface area contributed by atoms with E-state index in [9.17, 15) is 18.5 Å². The number of rotatable bonds is 4. The normalized spacial score (nSPS) is 22.4. The summed E-state index contributed by atoms with van der Waals surface area (Å²) in [7, 11) is -3.16. The molecule has 0 aromatic heterocycles. The van der Waals surface area contributed by atoms with E-state index in [2.05, 4.69) is 4.99 Å². The summed E-state index contributed by atoms with van der Waals surface area (Å²) in [6.45, 7) is 0. The molecule has 7 nitrogen and oxygen atoms in total. The van der Waals surface area contributed by atoms with Gasteiger partial charge in [-0.15, -0.1) is 0 Å². The first-order chi connectivity index (χ1) is 13.7. The Morgan fingerprint density at radius 3 is 2.41 bits per heavy atom. The summed E-state index contributed by atoms with van der Waals surface area (Å²) in [5.74, 6) is 0.574. The maximum atomic E-state index is 12.1. The van der Waals surface area contributed by atoms with Crippen LogP contribution in [-0.2, 0) is 15.6 Å². The van der Waals surface area contributed by atoms with Gasteiger partial charge in [-0.05, 0) is 23.8 Å². The van der Waals surface area contributed by atoms with E-state index in [4.69, 9.17) is 23.2 Å². The van der Waals surface area contributed by atoms with E-state index in [0.29, 0.717) is 26.7 Å². The van der Waals surface area contributed by atoms with Crippen molar-refractivity contribution in [3.63, 3.8) is 0 Å². The first-order valence-corrected chi connectivity index (χ1v) is 12.2. The number of hydrogen-bond donors (Lipinski definition) is 0. The molecule has 0 aliphatic carbocycles. The first-order valence-electron chi connectivity index (χ1n) is 8.61. The highest BCUT2D eigenvalue weighted by atomic mass is 35.5. The van der Waals surface area contributed by atoms with E-state index >= 15 is 0 Å². The highest BCUT2D eigenvalue weighted by Crippen LogP contribution is 2.38. The number of non-ortho nitro benzene ring substituents is 1. The summed E-state index contributed by atoms with van der Waals surface area (Å²) in [4.78, 5) is 16.9. The van der Waals surface area contributed by atoms with Gasteiger partial charge in [0.15, 0.2) is 15.0 Å². The summed E-state index contributed by atoms with van der Waals surface area (Å²) in [5, 5.41) is 12.4. The minimum Gasteiger partial charge on any atom is -0.315 e. The Hall–Kier alpha value is -1.81. The van der Waals surface area contributed by atoms with Gasteiger partial charge in [0.25, 0.3) is 5.69 Å². The molecule has 1 fully saturated rings. The van der Waals surface area contributed by atoms with Crippen molar-refractivity contribution in [2.75, 3.05) is 16.4 Å². The van der Waals surface area contributed by atoms with Crippen LogP contribution in [0.2, 0.25) is 10.0 Å². The van der Waals surface area contributed by atoms with Gasteiger partial charge in [-0.3, -0.25) is 15.1 Å². The number of sulfone groups is 1. The Morgan fingerprint density at radius 2 is 1.79 bits per heavy atom. The number of amidine groups is 1. The Balaban J connectivity index is 1.60. The second-order valence-electron chi connectivity index (χ2n) is 6.83. The van der Waals surface area contributed by atoms with Gasteiger partial charge in [0.2, 0.25) is 0 Å². The Kier molecular flexibility index (Phi) is 5.50. The average Bonchev–Trinajstić information content (AvgIpc) is 3.10. The number of halogens is 2. The zero-order chi connectivity index (χ0) is 20.8. The summed E-state index contributed by atoms with van der Waals surface area (Å²) < 4.78 is 24.2. The maximum absolute atomic E-state index is 12.1. The molecular weight excluding hydrogens is 457 g/mol. The largest absolute Gasteiger partial charge is 0.315 e. The number of nitro benzene ring substituents is 1. The Bertz CT molecular complexity index is 1090. The van der Waals surface area contributed by atoms with Crippen molar-refractivity contribution in [1.82, 2.24) is 0 Å². The molecule has 2 aromatic carbocycles. The number of fused-ring (bicyclic) bond motifs is 1. The van der Waals surface area contributed by atoms with Gasteiger partial charge < -0.3 is 4.90 Å². The quantitative estimate of drug-likeness (QED) is 0.490. The van der Waals surface area contributed by atoms with Gasteiger partial charge >= 0.3 is 0 Å². The number of anilines is 1. The van der Waals surface area contributed by atoms with Crippen LogP contribution in [0.3, 0.4) is 0 Å². The van der Waals surface area contributed by atoms with Crippen molar-refractivity contribution in [2.24, 2.45) is 4.99 Å². The molecule has 2 heterocycles. The number of aliphatic imine (C=N–C) groups is 1. The van der Waals surface area contributed by atoms with Crippen molar-refractivity contribution in [3.8, 4) is 0 Å². The average molecular weight is 472 g/mol. The fourth-order valence-corrected chi connectivity index (χ4v) is 6.91. The van der Waals surface area contributed by atoms with Crippen LogP contribution in [0.5, 0.6) is 0 Å². The van der Waals surface area contributed by atoms with Crippen LogP contribution >= 0.6 is 35.0 Å². The van der Waals surface area contributed by atoms with E-state index in [1.54, 1.807) is 30.3 Å². The third-order valence-corrected chi connectivity index (χ3v) is 7.92. The lowest BCUT2D eigenvalue weighted by Gasteiger charge is -2.27. The van der Waals surface area contributed by atoms with E-state index in [-0.39, 0.29) is 29.3 Å². The zero-order valence-corrected chi connectivity index (χ0v) is 18.0. The molecule has 0 bridgehead atoms. The lowest BCUT2D eigenvalue weighted by atomic mass is 10.1. The van der Waals surface area contributed by atoms with Crippen LogP contribution in [0.25, 0.3) is 0 Å². The summed E-state index contributed by atoms with van der Waals surface area (Å²) >= 11 is 13.8. The highest BCUT2D eigenvalue weighted by molar-refractivity contribution is 8.13. The fraction of sp³-hybridized carbons (Fsp3) is 0.278. The van der Waals surface area contributed by atoms with E-state index in [1.807, 2.05) is 4.90 Å². The lowest BCUT2D eigenvalue weighted by molar-refractivity contribution is -0.384. The van der Waals surface area contributed by atoms with E-state index in [1.165, 1.54) is 23.9 Å². The van der Waals surface area contributed by atoms with Crippen LogP contribution in [0.1, 0.15) is 5.56 Å². The predicted molar refractivity (Wildman–Crippen MR) is 117 cm³/mol. The minimum absolute atomic E-state index is 0.0179. The van der Waals surface area contributed by atoms with Gasteiger partial charge in [0.1, 0.15) is 0 Å². The second-order valence-corrected chi connectivity index (χ2v) is 10.8. The standard InChI is InChI=1S/C18H15Cl2N3O4S2/c19-12-5-13(20)7-15(6-12)22-17-10-29(26,27)9-16(17)21-18(22)28-8-11-1-3-14(4-2-11)23(24)25/h1-7,16-17H,8-10H2/t16-,17+/m0/s1. The molecule has 0 amide bonds. The number of hydrogen-bond acceptors (Lipinski definition) is 7. The smallest absolute Gasteiger partial charge is 0.269 e. The van der Waals surface area contributed by atoms with Gasteiger partial charge in [-0.2, -0.15) is 0 Å². The highest BCUT2D eigenvalue weighted by Gasteiger charge is 2.47. The zero-order valence-electron chi connectivity index (χ0n) is 14.9. The summed E-state index contributed by atoms with van der Waals surface area (Å²) in [6.07, 6.45) is 0. The number of thioether (sulfide) groups is 1. The predicted octanol–water partition coefficient (Wildman–Crippen LogP) is 4.18. The monoisotopic (exact) mass is 471 g/mol. The number of nitrogens with zero attached hydrogens (tertiary/aromatic N) is 3. The molecule has 0 spiro atoms. The van der Waals surface area contributed by atoms with Gasteiger partial charge in [0, 0.05) is 33.6 Å². The van der Waals surface area contributed by atoms with Crippen molar-refractivity contribution in [1.29, 1.82) is 0 Å². The van der Waals surface area contributed by atoms with Crippen LogP contribution in [0, 0.1) is 10.1 Å². The first kappa shape index (κ1) is 20.5. The Labute approximate surface area is 181 Å². The number of nitro groups is 1. The number of benzene rings is 2. The van der Waals surface area contributed by atoms with Crippen molar-refractivity contribution in [2.45, 2.75) is 17.8 Å². The third-order valence-electron chi connectivity index (χ3n) is 4.75. The molecule has 29 heavy (non-hydrogen) atoms. The molecule has 2 aliphatic rings. The molecule has 1 saturated heterocycles. The van der Waals surface area contributed by atoms with Crippen molar-refractivity contribution in [3.05, 3.63) is 68.2 Å². The van der Waals surface area contributed by atoms with Crippen LogP contribution < -0.4 is 4.90 Å². The maximum Gasteiger partial charge on any atom is 0.269 e. The molecule has 0 N–H and O–H groups in total. The molecule has 11 heteroatoms. The van der Waals surface area contributed by atoms with Gasteiger partial charge in [0.05, 0.1) is 28.5 Å². The Morgan fingerprint density at radius 1 is 1.14 bits per heavy atom. The fourth-order valence-electron chi connectivity index (χ4n) is 3.48. The summed E-state index contributed by atoms with van der Waals surface area (Å²) in [5.41, 5.74) is 1.63. The SMILES string of the molecule is O=[N+]([O-])c1ccc(CSC2=N[C@H]3CS(=O)(=O)C[C@H]3N2c2cc(Cl)cc(Cl)c2)cc1. The molecule has 2 atom stereocenters. The minimum atomic E-state index is -3.16. The van der Waals surface area contributed by atoms with Crippen LogP contribution in [-0.4, -0.2) is 42.1 Å². The molecule has 0 saturated carbocycles. The molecular formula is C18H15Cl2N3O4S2. The molecule has 0 unspecified atom stereocenters. The van der Waals surface area contributed by atoms with Crippen LogP contribution in [0.4, 0.5) is 11.4 Å². The lowest BCUT2D eigenvalue weighted by Crippen LogP contribution is -2.39. The van der Waals surface area contributed by atoms with Crippen molar-refractivity contribution < 1.29 is 13.3 Å². The van der Waals surface area contributed by atoms with Crippen LogP contribution in [0.15, 0.2) is 47.5 Å². The van der Waals surface area contributed by atoms with E-state index < -0.39 is 14.8 Å². The molecule has 152 valence electrons. The second kappa shape index (κ2) is 7.79. The molecule has 2 aromatic rings. The molecule has 0 radical (unpaired) electrons.